The number of thioether (sulfide) groups is 1. The van der Waals surface area contributed by atoms with Gasteiger partial charge >= 0.3 is 0 Å². The molecule has 8 heteroatoms. The minimum absolute atomic E-state index is 0.148. The lowest BCUT2D eigenvalue weighted by molar-refractivity contribution is 0.102. The van der Waals surface area contributed by atoms with E-state index in [2.05, 4.69) is 27.0 Å². The van der Waals surface area contributed by atoms with E-state index < -0.39 is 0 Å². The maximum Gasteiger partial charge on any atom is 0.206 e. The number of hydrogen-bond donors (Lipinski definition) is 1. The number of furan rings is 1. The first-order chi connectivity index (χ1) is 12.6. The number of aryl methyl sites for hydroxylation is 1. The Morgan fingerprint density at radius 2 is 2.27 bits per heavy atom. The van der Waals surface area contributed by atoms with E-state index >= 15 is 0 Å². The van der Waals surface area contributed by atoms with E-state index in [4.69, 9.17) is 4.42 Å². The van der Waals surface area contributed by atoms with Crippen LogP contribution in [0.25, 0.3) is 0 Å². The van der Waals surface area contributed by atoms with Gasteiger partial charge in [0.25, 0.3) is 0 Å². The molecule has 1 aliphatic carbocycles. The number of hydrogen-bond acceptors (Lipinski definition) is 7. The Labute approximate surface area is 160 Å². The minimum atomic E-state index is 0.148. The Hall–Kier alpha value is -2.06. The van der Waals surface area contributed by atoms with E-state index in [9.17, 15) is 4.79 Å². The number of rotatable bonds is 8. The molecule has 0 spiro atoms. The fraction of sp³-hybridized carbons (Fsp3) is 0.389. The van der Waals surface area contributed by atoms with Crippen LogP contribution in [-0.4, -0.2) is 26.3 Å². The van der Waals surface area contributed by atoms with Crippen molar-refractivity contribution in [2.24, 2.45) is 0 Å². The van der Waals surface area contributed by atoms with Crippen LogP contribution >= 0.6 is 23.1 Å². The first kappa shape index (κ1) is 17.4. The van der Waals surface area contributed by atoms with Gasteiger partial charge < -0.3 is 14.3 Å². The summed E-state index contributed by atoms with van der Waals surface area (Å²) in [5.41, 5.74) is 3.11. The summed E-state index contributed by atoms with van der Waals surface area (Å²) in [5.74, 6) is 1.37. The van der Waals surface area contributed by atoms with Gasteiger partial charge in [0.1, 0.15) is 5.76 Å². The maximum atomic E-state index is 12.6. The second-order valence-electron chi connectivity index (χ2n) is 6.40. The van der Waals surface area contributed by atoms with Gasteiger partial charge in [0.15, 0.2) is 10.1 Å². The van der Waals surface area contributed by atoms with Crippen LogP contribution < -0.4 is 5.32 Å². The first-order valence-electron chi connectivity index (χ1n) is 8.56. The molecule has 0 saturated heterocycles. The van der Waals surface area contributed by atoms with Gasteiger partial charge in [0.05, 0.1) is 18.6 Å². The smallest absolute Gasteiger partial charge is 0.206 e. The number of nitrogens with one attached hydrogen (secondary N) is 1. The fourth-order valence-electron chi connectivity index (χ4n) is 3.07. The SMILES string of the molecule is Cc1cc(C(=O)CSc2nnc(NCc3ccco3)s2)c(C)n1C1CC1. The summed E-state index contributed by atoms with van der Waals surface area (Å²) in [4.78, 5) is 12.6. The molecule has 0 atom stereocenters. The molecule has 3 heterocycles. The summed E-state index contributed by atoms with van der Waals surface area (Å²) in [5, 5.41) is 12.2. The third-order valence-electron chi connectivity index (χ3n) is 4.42. The summed E-state index contributed by atoms with van der Waals surface area (Å²) >= 11 is 2.89. The molecule has 1 saturated carbocycles. The van der Waals surface area contributed by atoms with Gasteiger partial charge in [0.2, 0.25) is 5.13 Å². The predicted octanol–water partition coefficient (Wildman–Crippen LogP) is 4.47. The predicted molar refractivity (Wildman–Crippen MR) is 103 cm³/mol. The van der Waals surface area contributed by atoms with Crippen molar-refractivity contribution in [1.29, 1.82) is 0 Å². The second kappa shape index (κ2) is 7.28. The maximum absolute atomic E-state index is 12.6. The van der Waals surface area contributed by atoms with Crippen LogP contribution in [0.4, 0.5) is 5.13 Å². The average molecular weight is 389 g/mol. The molecule has 0 bridgehead atoms. The highest BCUT2D eigenvalue weighted by Crippen LogP contribution is 2.38. The average Bonchev–Trinajstić information content (AvgIpc) is 3.04. The van der Waals surface area contributed by atoms with Crippen LogP contribution in [-0.2, 0) is 6.54 Å². The van der Waals surface area contributed by atoms with Crippen molar-refractivity contribution in [3.8, 4) is 0 Å². The zero-order valence-electron chi connectivity index (χ0n) is 14.7. The summed E-state index contributed by atoms with van der Waals surface area (Å²) in [6, 6.07) is 6.37. The number of Topliss-reactive ketones (excluding diaryl/α,β-unsaturated/α-hetero) is 1. The summed E-state index contributed by atoms with van der Waals surface area (Å²) in [6.07, 6.45) is 4.08. The van der Waals surface area contributed by atoms with E-state index in [1.807, 2.05) is 25.1 Å². The van der Waals surface area contributed by atoms with Crippen molar-refractivity contribution in [2.75, 3.05) is 11.1 Å². The highest BCUT2D eigenvalue weighted by Gasteiger charge is 2.28. The highest BCUT2D eigenvalue weighted by molar-refractivity contribution is 8.01. The zero-order chi connectivity index (χ0) is 18.1. The molecule has 6 nitrogen and oxygen atoms in total. The molecule has 0 aromatic carbocycles. The lowest BCUT2D eigenvalue weighted by atomic mass is 10.2. The lowest BCUT2D eigenvalue weighted by Crippen LogP contribution is -2.05. The third-order valence-corrected chi connectivity index (χ3v) is 6.44. The highest BCUT2D eigenvalue weighted by atomic mass is 32.2. The quantitative estimate of drug-likeness (QED) is 0.453. The molecule has 0 amide bonds. The van der Waals surface area contributed by atoms with E-state index in [-0.39, 0.29) is 5.78 Å². The molecule has 3 aromatic heterocycles. The van der Waals surface area contributed by atoms with E-state index in [1.165, 1.54) is 41.6 Å². The largest absolute Gasteiger partial charge is 0.467 e. The summed E-state index contributed by atoms with van der Waals surface area (Å²) < 4.78 is 8.37. The van der Waals surface area contributed by atoms with Crippen molar-refractivity contribution in [3.05, 3.63) is 47.2 Å². The van der Waals surface area contributed by atoms with Crippen molar-refractivity contribution >= 4 is 34.0 Å². The summed E-state index contributed by atoms with van der Waals surface area (Å²) in [6.45, 7) is 4.69. The molecule has 1 N–H and O–H groups in total. The molecule has 0 unspecified atom stereocenters. The van der Waals surface area contributed by atoms with E-state index in [0.29, 0.717) is 18.3 Å². The summed E-state index contributed by atoms with van der Waals surface area (Å²) in [7, 11) is 0. The molecule has 0 radical (unpaired) electrons. The van der Waals surface area contributed by atoms with Crippen LogP contribution in [0.2, 0.25) is 0 Å². The van der Waals surface area contributed by atoms with Crippen molar-refractivity contribution in [3.63, 3.8) is 0 Å². The third kappa shape index (κ3) is 3.71. The molecule has 26 heavy (non-hydrogen) atoms. The normalized spacial score (nSPS) is 13.9. The first-order valence-corrected chi connectivity index (χ1v) is 10.4. The lowest BCUT2D eigenvalue weighted by Gasteiger charge is -2.07. The fourth-order valence-corrected chi connectivity index (χ4v) is 4.71. The van der Waals surface area contributed by atoms with Crippen LogP contribution in [0.5, 0.6) is 0 Å². The van der Waals surface area contributed by atoms with Gasteiger partial charge in [-0.2, -0.15) is 0 Å². The number of nitrogens with zero attached hydrogens (tertiary/aromatic N) is 3. The van der Waals surface area contributed by atoms with Gasteiger partial charge in [-0.1, -0.05) is 23.1 Å². The Balaban J connectivity index is 1.34. The van der Waals surface area contributed by atoms with Crippen LogP contribution in [0.15, 0.2) is 33.2 Å². The topological polar surface area (TPSA) is 73.0 Å². The molecule has 136 valence electrons. The molecular weight excluding hydrogens is 368 g/mol. The second-order valence-corrected chi connectivity index (χ2v) is 8.60. The Kier molecular flexibility index (Phi) is 4.86. The van der Waals surface area contributed by atoms with Gasteiger partial charge in [-0.15, -0.1) is 10.2 Å². The van der Waals surface area contributed by atoms with Crippen LogP contribution in [0.1, 0.15) is 46.4 Å². The number of carbonyl (C=O) groups excluding carboxylic acids is 1. The standard InChI is InChI=1S/C18H20N4O2S2/c1-11-8-15(12(2)22(11)13-5-6-13)16(23)10-25-18-21-20-17(26-18)19-9-14-4-3-7-24-14/h3-4,7-8,13H,5-6,9-10H2,1-2H3,(H,19,20). The monoisotopic (exact) mass is 388 g/mol. The van der Waals surface area contributed by atoms with Crippen LogP contribution in [0, 0.1) is 13.8 Å². The number of anilines is 1. The van der Waals surface area contributed by atoms with Crippen molar-refractivity contribution < 1.29 is 9.21 Å². The number of carbonyl (C=O) groups is 1. The van der Waals surface area contributed by atoms with E-state index in [0.717, 1.165) is 26.5 Å². The Bertz CT molecular complexity index is 910. The van der Waals surface area contributed by atoms with Gasteiger partial charge in [0, 0.05) is 23.0 Å². The molecule has 4 rings (SSSR count). The number of ketones is 1. The van der Waals surface area contributed by atoms with Gasteiger partial charge in [-0.25, -0.2) is 0 Å². The van der Waals surface area contributed by atoms with Gasteiger partial charge in [-0.3, -0.25) is 4.79 Å². The molecule has 0 aliphatic heterocycles. The Morgan fingerprint density at radius 1 is 1.42 bits per heavy atom. The molecule has 3 aromatic rings. The number of aromatic nitrogens is 3. The van der Waals surface area contributed by atoms with Crippen molar-refractivity contribution in [2.45, 2.75) is 43.6 Å². The van der Waals surface area contributed by atoms with Crippen molar-refractivity contribution in [1.82, 2.24) is 14.8 Å². The molecule has 1 aliphatic rings. The van der Waals surface area contributed by atoms with Gasteiger partial charge in [-0.05, 0) is 44.9 Å². The molecular formula is C18H20N4O2S2. The van der Waals surface area contributed by atoms with Crippen LogP contribution in [0.3, 0.4) is 0 Å². The minimum Gasteiger partial charge on any atom is -0.467 e. The van der Waals surface area contributed by atoms with E-state index in [1.54, 1.807) is 6.26 Å². The molecule has 1 fully saturated rings. The zero-order valence-corrected chi connectivity index (χ0v) is 16.3. The Morgan fingerprint density at radius 3 is 3.00 bits per heavy atom.